The van der Waals surface area contributed by atoms with Gasteiger partial charge in [-0.2, -0.15) is 0 Å². The molecule has 2 unspecified atom stereocenters. The van der Waals surface area contributed by atoms with Crippen LogP contribution in [0.5, 0.6) is 0 Å². The van der Waals surface area contributed by atoms with E-state index in [1.807, 2.05) is 57.2 Å². The summed E-state index contributed by atoms with van der Waals surface area (Å²) in [6.07, 6.45) is 1.80. The van der Waals surface area contributed by atoms with Crippen LogP contribution in [0, 0.1) is 12.8 Å². The highest BCUT2D eigenvalue weighted by atomic mass is 16.3. The summed E-state index contributed by atoms with van der Waals surface area (Å²) < 4.78 is 1.40. The van der Waals surface area contributed by atoms with Gasteiger partial charge in [0, 0.05) is 42.8 Å². The van der Waals surface area contributed by atoms with Crippen LogP contribution in [-0.2, 0) is 7.05 Å². The van der Waals surface area contributed by atoms with Crippen molar-refractivity contribution in [3.63, 3.8) is 0 Å². The lowest BCUT2D eigenvalue weighted by atomic mass is 9.83. The summed E-state index contributed by atoms with van der Waals surface area (Å²) in [7, 11) is 1.63. The summed E-state index contributed by atoms with van der Waals surface area (Å²) in [5.41, 5.74) is 3.85. The lowest BCUT2D eigenvalue weighted by Crippen LogP contribution is -2.41. The third kappa shape index (κ3) is 5.88. The molecule has 0 aliphatic heterocycles. The van der Waals surface area contributed by atoms with Crippen molar-refractivity contribution in [3.05, 3.63) is 105 Å². The number of nitrogens with zero attached hydrogens (tertiary/aromatic N) is 1. The number of carbonyl (C=O) groups is 2. The van der Waals surface area contributed by atoms with Gasteiger partial charge in [0.25, 0.3) is 5.91 Å². The van der Waals surface area contributed by atoms with Crippen molar-refractivity contribution in [2.45, 2.75) is 39.2 Å². The number of nitrogens with one attached hydrogen (secondary N) is 1. The molecule has 6 nitrogen and oxygen atoms in total. The molecular formula is C28H32N2O4. The van der Waals surface area contributed by atoms with Crippen LogP contribution in [0.4, 0.5) is 0 Å². The maximum Gasteiger partial charge on any atom is 0.251 e. The number of pyridine rings is 1. The van der Waals surface area contributed by atoms with Gasteiger partial charge in [0.15, 0.2) is 5.78 Å². The quantitative estimate of drug-likeness (QED) is 0.475. The summed E-state index contributed by atoms with van der Waals surface area (Å²) in [4.78, 5) is 37.5. The van der Waals surface area contributed by atoms with E-state index in [9.17, 15) is 19.5 Å². The third-order valence-electron chi connectivity index (χ3n) is 6.25. The first kappa shape index (κ1) is 25.1. The molecule has 178 valence electrons. The zero-order valence-electron chi connectivity index (χ0n) is 20.1. The fourth-order valence-electron chi connectivity index (χ4n) is 3.99. The van der Waals surface area contributed by atoms with Crippen LogP contribution in [0.15, 0.2) is 71.7 Å². The van der Waals surface area contributed by atoms with Crippen LogP contribution >= 0.6 is 0 Å². The van der Waals surface area contributed by atoms with Crippen molar-refractivity contribution >= 4 is 11.7 Å². The summed E-state index contributed by atoms with van der Waals surface area (Å²) in [5, 5.41) is 12.4. The van der Waals surface area contributed by atoms with Gasteiger partial charge in [-0.3, -0.25) is 14.4 Å². The van der Waals surface area contributed by atoms with Crippen molar-refractivity contribution < 1.29 is 14.7 Å². The summed E-state index contributed by atoms with van der Waals surface area (Å²) >= 11 is 0. The number of aliphatic hydroxyl groups is 1. The van der Waals surface area contributed by atoms with Crippen molar-refractivity contribution in [2.24, 2.45) is 13.0 Å². The molecule has 0 spiro atoms. The molecule has 2 atom stereocenters. The maximum absolute atomic E-state index is 13.2. The summed E-state index contributed by atoms with van der Waals surface area (Å²) in [6, 6.07) is 17.9. The van der Waals surface area contributed by atoms with E-state index in [4.69, 9.17) is 0 Å². The lowest BCUT2D eigenvalue weighted by Gasteiger charge is -2.21. The largest absolute Gasteiger partial charge is 0.394 e. The van der Waals surface area contributed by atoms with Crippen molar-refractivity contribution in [2.75, 3.05) is 6.61 Å². The highest BCUT2D eigenvalue weighted by molar-refractivity contribution is 5.97. The topological polar surface area (TPSA) is 88.4 Å². The molecule has 34 heavy (non-hydrogen) atoms. The first-order valence-corrected chi connectivity index (χ1v) is 11.5. The number of benzene rings is 2. The van der Waals surface area contributed by atoms with E-state index in [1.165, 1.54) is 10.6 Å². The Balaban J connectivity index is 1.90. The van der Waals surface area contributed by atoms with Gasteiger partial charge in [-0.25, -0.2) is 0 Å². The Labute approximate surface area is 200 Å². The van der Waals surface area contributed by atoms with E-state index in [-0.39, 0.29) is 48.2 Å². The average molecular weight is 461 g/mol. The second kappa shape index (κ2) is 11.1. The Morgan fingerprint density at radius 2 is 1.62 bits per heavy atom. The normalized spacial score (nSPS) is 12.9. The lowest BCUT2D eigenvalue weighted by molar-refractivity contribution is 0.0896. The van der Waals surface area contributed by atoms with Crippen LogP contribution in [0.2, 0.25) is 0 Å². The van der Waals surface area contributed by atoms with Crippen LogP contribution in [0.25, 0.3) is 0 Å². The minimum atomic E-state index is -0.314. The number of hydrogen-bond acceptors (Lipinski definition) is 4. The Morgan fingerprint density at radius 1 is 0.971 bits per heavy atom. The molecule has 0 fully saturated rings. The van der Waals surface area contributed by atoms with Gasteiger partial charge in [-0.05, 0) is 47.7 Å². The Morgan fingerprint density at radius 3 is 2.21 bits per heavy atom. The van der Waals surface area contributed by atoms with Crippen LogP contribution < -0.4 is 10.9 Å². The minimum Gasteiger partial charge on any atom is -0.394 e. The number of carbonyl (C=O) groups excluding carboxylic acids is 2. The first-order chi connectivity index (χ1) is 16.2. The number of aryl methyl sites for hydroxylation is 2. The van der Waals surface area contributed by atoms with E-state index in [0.717, 1.165) is 16.7 Å². The molecular weight excluding hydrogens is 428 g/mol. The molecule has 0 saturated heterocycles. The fraction of sp³-hybridized carbons (Fsp3) is 0.321. The second-order valence-electron chi connectivity index (χ2n) is 9.03. The van der Waals surface area contributed by atoms with E-state index < -0.39 is 0 Å². The first-order valence-electron chi connectivity index (χ1n) is 11.5. The molecule has 3 aromatic rings. The van der Waals surface area contributed by atoms with Gasteiger partial charge in [-0.15, -0.1) is 0 Å². The third-order valence-corrected chi connectivity index (χ3v) is 6.25. The molecule has 2 N–H and O–H groups in total. The fourth-order valence-corrected chi connectivity index (χ4v) is 3.99. The number of aromatic nitrogens is 1. The van der Waals surface area contributed by atoms with Gasteiger partial charge >= 0.3 is 0 Å². The van der Waals surface area contributed by atoms with E-state index in [2.05, 4.69) is 5.32 Å². The highest BCUT2D eigenvalue weighted by Crippen LogP contribution is 2.31. The predicted octanol–water partition coefficient (Wildman–Crippen LogP) is 3.85. The molecule has 0 aliphatic carbocycles. The highest BCUT2D eigenvalue weighted by Gasteiger charge is 2.22. The molecule has 0 aliphatic rings. The molecule has 0 saturated carbocycles. The number of aliphatic hydroxyl groups excluding tert-OH is 1. The average Bonchev–Trinajstić information content (AvgIpc) is 2.83. The van der Waals surface area contributed by atoms with Gasteiger partial charge in [-0.1, -0.05) is 50.2 Å². The Hall–Kier alpha value is -3.51. The molecule has 1 amide bonds. The van der Waals surface area contributed by atoms with Gasteiger partial charge in [0.1, 0.15) is 0 Å². The molecule has 2 aromatic carbocycles. The molecule has 0 bridgehead atoms. The van der Waals surface area contributed by atoms with Crippen LogP contribution in [0.1, 0.15) is 63.6 Å². The molecule has 1 heterocycles. The Kier molecular flexibility index (Phi) is 8.18. The Bertz CT molecular complexity index is 1210. The predicted molar refractivity (Wildman–Crippen MR) is 133 cm³/mol. The van der Waals surface area contributed by atoms with Gasteiger partial charge in [0.2, 0.25) is 5.56 Å². The smallest absolute Gasteiger partial charge is 0.251 e. The molecule has 3 rings (SSSR count). The van der Waals surface area contributed by atoms with Gasteiger partial charge in [0.05, 0.1) is 12.6 Å². The van der Waals surface area contributed by atoms with Crippen LogP contribution in [0.3, 0.4) is 0 Å². The summed E-state index contributed by atoms with van der Waals surface area (Å²) in [6.45, 7) is 5.78. The molecule has 1 aromatic heterocycles. The monoisotopic (exact) mass is 460 g/mol. The van der Waals surface area contributed by atoms with E-state index in [0.29, 0.717) is 11.1 Å². The van der Waals surface area contributed by atoms with E-state index in [1.54, 1.807) is 31.4 Å². The standard InChI is InChI=1S/C28H32N2O4/c1-18(2)25(17-31)29-28(34)21-11-9-20(10-12-21)24(23-8-6-5-7-19(23)3)15-26(32)22-13-14-27(33)30(4)16-22/h5-14,16,18,24-25,31H,15,17H2,1-4H3,(H,29,34). The number of hydrogen-bond donors (Lipinski definition) is 2. The summed E-state index contributed by atoms with van der Waals surface area (Å²) in [5.74, 6) is -0.396. The maximum atomic E-state index is 13.2. The van der Waals surface area contributed by atoms with Crippen LogP contribution in [-0.4, -0.2) is 34.0 Å². The SMILES string of the molecule is Cc1ccccc1C(CC(=O)c1ccc(=O)n(C)c1)c1ccc(C(=O)NC(CO)C(C)C)cc1. The van der Waals surface area contributed by atoms with Crippen molar-refractivity contribution in [1.82, 2.24) is 9.88 Å². The van der Waals surface area contributed by atoms with Crippen molar-refractivity contribution in [3.8, 4) is 0 Å². The minimum absolute atomic E-state index is 0.0617. The second-order valence-corrected chi connectivity index (χ2v) is 9.03. The number of Topliss-reactive ketones (excluding diaryl/α,β-unsaturated/α-hetero) is 1. The number of ketones is 1. The van der Waals surface area contributed by atoms with Crippen molar-refractivity contribution in [1.29, 1.82) is 0 Å². The van der Waals surface area contributed by atoms with E-state index >= 15 is 0 Å². The molecule has 0 radical (unpaired) electrons. The number of rotatable bonds is 9. The number of amides is 1. The van der Waals surface area contributed by atoms with Gasteiger partial charge < -0.3 is 15.0 Å². The molecule has 6 heteroatoms. The zero-order valence-corrected chi connectivity index (χ0v) is 20.1. The zero-order chi connectivity index (χ0) is 24.8.